The van der Waals surface area contributed by atoms with E-state index in [0.717, 1.165) is 57.6 Å². The highest BCUT2D eigenvalue weighted by Crippen LogP contribution is 2.56. The maximum atomic E-state index is 11.9. The number of ether oxygens (including phenoxy) is 2. The zero-order chi connectivity index (χ0) is 75.8. The van der Waals surface area contributed by atoms with Crippen LogP contribution in [0.5, 0.6) is 0 Å². The van der Waals surface area contributed by atoms with Crippen molar-refractivity contribution in [2.45, 2.75) is 95.0 Å². The summed E-state index contributed by atoms with van der Waals surface area (Å²) >= 11 is 0. The second kappa shape index (κ2) is 29.1. The Morgan fingerprint density at radius 1 is 0.305 bits per heavy atom. The monoisotopic (exact) mass is 1440 g/mol. The zero-order valence-electron chi connectivity index (χ0n) is 59.4. The van der Waals surface area contributed by atoms with E-state index in [0.29, 0.717) is 71.6 Å². The lowest BCUT2D eigenvalue weighted by Gasteiger charge is -2.23. The van der Waals surface area contributed by atoms with Crippen molar-refractivity contribution in [1.82, 2.24) is 44.1 Å². The van der Waals surface area contributed by atoms with Crippen molar-refractivity contribution in [3.05, 3.63) is 119 Å². The summed E-state index contributed by atoms with van der Waals surface area (Å²) < 4.78 is 11.0. The molecule has 4 aliphatic carbocycles. The number of allylic oxidation sites excluding steroid dienone is 2. The van der Waals surface area contributed by atoms with E-state index in [-0.39, 0.29) is 178 Å². The molecule has 16 unspecified atom stereocenters. The first kappa shape index (κ1) is 74.1. The molecule has 105 heavy (non-hydrogen) atoms. The zero-order valence-corrected chi connectivity index (χ0v) is 59.4. The first-order chi connectivity index (χ1) is 49.9. The fourth-order valence-corrected chi connectivity index (χ4v) is 17.4. The Balaban J connectivity index is 0.000000112. The Morgan fingerprint density at radius 3 is 1.01 bits per heavy atom. The fourth-order valence-electron chi connectivity index (χ4n) is 17.4. The van der Waals surface area contributed by atoms with Crippen molar-refractivity contribution in [2.75, 3.05) is 63.4 Å². The average Bonchev–Trinajstić information content (AvgIpc) is 1.61. The van der Waals surface area contributed by atoms with E-state index in [2.05, 4.69) is 12.2 Å². The summed E-state index contributed by atoms with van der Waals surface area (Å²) in [5.74, 6) is -0.575. The fraction of sp³-hybridized carbons (Fsp3) is 0.474. The Hall–Kier alpha value is -10.7. The van der Waals surface area contributed by atoms with Crippen LogP contribution in [0.15, 0.2) is 97.1 Å². The average molecular weight is 1440 g/mol. The lowest BCUT2D eigenvalue weighted by Crippen LogP contribution is -2.36. The molecule has 29 nitrogen and oxygen atoms in total. The van der Waals surface area contributed by atoms with Crippen molar-refractivity contribution in [1.29, 1.82) is 0 Å². The molecule has 18 amide bonds. The van der Waals surface area contributed by atoms with Crippen LogP contribution in [0.2, 0.25) is 0 Å². The van der Waals surface area contributed by atoms with Crippen molar-refractivity contribution in [2.24, 2.45) is 71.0 Å². The number of nitrogens with zero attached hydrogens (tertiary/aromatic N) is 9. The van der Waals surface area contributed by atoms with Crippen molar-refractivity contribution >= 4 is 117 Å². The molecule has 13 aliphatic heterocycles. The molecule has 12 fully saturated rings. The number of likely N-dealkylation sites (tertiary alicyclic amines) is 6. The molecule has 3 aromatic carbocycles. The molecule has 3 saturated carbocycles. The number of hydrogen-bond donors (Lipinski definition) is 0. The van der Waals surface area contributed by atoms with Gasteiger partial charge in [-0.2, -0.15) is 0 Å². The van der Waals surface area contributed by atoms with Crippen molar-refractivity contribution in [3.8, 4) is 0 Å². The molecule has 3 aromatic rings. The van der Waals surface area contributed by atoms with Crippen LogP contribution in [0.1, 0.15) is 112 Å². The van der Waals surface area contributed by atoms with E-state index >= 15 is 0 Å². The van der Waals surface area contributed by atoms with Gasteiger partial charge in [-0.25, -0.2) is 0 Å². The molecule has 9 saturated heterocycles. The minimum absolute atomic E-state index is 0.0208. The first-order valence-corrected chi connectivity index (χ1v) is 35.1. The van der Waals surface area contributed by atoms with Crippen LogP contribution in [0.4, 0.5) is 0 Å². The number of benzene rings is 3. The van der Waals surface area contributed by atoms with E-state index in [1.807, 2.05) is 36.4 Å². The van der Waals surface area contributed by atoms with Crippen LogP contribution in [-0.4, -0.2) is 238 Å². The summed E-state index contributed by atoms with van der Waals surface area (Å²) in [5.41, 5.74) is 2.22. The van der Waals surface area contributed by atoms with E-state index in [1.54, 1.807) is 64.6 Å². The minimum atomic E-state index is -0.243. The molecule has 29 heteroatoms. The van der Waals surface area contributed by atoms with E-state index in [1.165, 1.54) is 89.6 Å². The summed E-state index contributed by atoms with van der Waals surface area (Å²) in [4.78, 5) is 214. The number of carbonyl (C=O) groups excluding carboxylic acids is 18. The van der Waals surface area contributed by atoms with Gasteiger partial charge in [-0.05, 0) is 98.3 Å². The maximum Gasteiger partial charge on any atom is 0.261 e. The van der Waals surface area contributed by atoms with Crippen LogP contribution in [0.25, 0.3) is 10.8 Å². The summed E-state index contributed by atoms with van der Waals surface area (Å²) in [6, 6.07) is 17.9. The highest BCUT2D eigenvalue weighted by Gasteiger charge is 2.63. The summed E-state index contributed by atoms with van der Waals surface area (Å²) in [5, 5.41) is 1.71. The number of likely N-dealkylation sites (N-methyl/N-ethyl adjacent to an activating group) is 1. The van der Waals surface area contributed by atoms with Gasteiger partial charge in [-0.1, -0.05) is 60.7 Å². The van der Waals surface area contributed by atoms with Gasteiger partial charge in [0.15, 0.2) is 0 Å². The second-order valence-electron chi connectivity index (χ2n) is 28.9. The van der Waals surface area contributed by atoms with Gasteiger partial charge in [-0.3, -0.25) is 130 Å². The van der Waals surface area contributed by atoms with Gasteiger partial charge in [0, 0.05) is 118 Å². The van der Waals surface area contributed by atoms with Crippen LogP contribution in [-0.2, 0) is 76.6 Å². The van der Waals surface area contributed by atoms with Gasteiger partial charge in [-0.15, -0.1) is 0 Å². The molecule has 0 aromatic heterocycles. The Labute approximate surface area is 603 Å². The summed E-state index contributed by atoms with van der Waals surface area (Å²) in [6.07, 6.45) is 19.2. The number of amides is 18. The molecule has 20 rings (SSSR count). The van der Waals surface area contributed by atoms with Crippen molar-refractivity contribution < 1.29 is 95.8 Å². The topological polar surface area (TPSA) is 355 Å². The van der Waals surface area contributed by atoms with Crippen LogP contribution in [0, 0.1) is 71.0 Å². The second-order valence-corrected chi connectivity index (χ2v) is 28.9. The number of fused-ring (bicyclic) bond motifs is 21. The SMILES string of the molecule is CN1C(=O)C2C3C=CC(C3)C2C1=O.CN1C(=O)C2C3C=CC(O3)C2C1=O.CN1C(=O)C2C3CCC(C3)C2C1=O.CN1C(=O)C2C3CCC(O3)C2C1=O.CN1C(=O)C=CC1=O.CN1C(=O)CCC1=O.CN1C(=O)CCCC1=O.CN1C(=O)c2cccc3cccc(c23)C1=O.CN1C(=O)c2ccccc2C1=O. The molecule has 0 spiro atoms. The maximum absolute atomic E-state index is 11.9. The van der Waals surface area contributed by atoms with Crippen molar-refractivity contribution in [3.63, 3.8) is 0 Å². The van der Waals surface area contributed by atoms with Gasteiger partial charge in [0.2, 0.25) is 70.9 Å². The number of rotatable bonds is 0. The molecular formula is C76H81N9O20. The smallest absolute Gasteiger partial charge is 0.261 e. The highest BCUT2D eigenvalue weighted by atomic mass is 16.5. The minimum Gasteiger partial charge on any atom is -0.373 e. The molecule has 0 radical (unpaired) electrons. The normalized spacial score (nSPS) is 32.0. The molecule has 0 N–H and O–H groups in total. The summed E-state index contributed by atoms with van der Waals surface area (Å²) in [7, 11) is 13.8. The van der Waals surface area contributed by atoms with Gasteiger partial charge in [0.1, 0.15) is 0 Å². The largest absolute Gasteiger partial charge is 0.373 e. The van der Waals surface area contributed by atoms with E-state index in [4.69, 9.17) is 9.47 Å². The van der Waals surface area contributed by atoms with E-state index < -0.39 is 0 Å². The van der Waals surface area contributed by atoms with E-state index in [9.17, 15) is 86.3 Å². The highest BCUT2D eigenvalue weighted by molar-refractivity contribution is 6.25. The van der Waals surface area contributed by atoms with Gasteiger partial charge in [0.25, 0.3) is 35.4 Å². The molecule has 13 heterocycles. The van der Waals surface area contributed by atoms with Crippen LogP contribution in [0.3, 0.4) is 0 Å². The Morgan fingerprint density at radius 2 is 0.648 bits per heavy atom. The van der Waals surface area contributed by atoms with Crippen LogP contribution < -0.4 is 0 Å². The van der Waals surface area contributed by atoms with Gasteiger partial charge < -0.3 is 9.47 Å². The number of carbonyl (C=O) groups is 18. The number of hydrogen-bond acceptors (Lipinski definition) is 20. The summed E-state index contributed by atoms with van der Waals surface area (Å²) in [6.45, 7) is 0. The third kappa shape index (κ3) is 13.0. The lowest BCUT2D eigenvalue weighted by molar-refractivity contribution is -0.147. The Kier molecular flexibility index (Phi) is 20.5. The lowest BCUT2D eigenvalue weighted by atomic mass is 9.81. The first-order valence-electron chi connectivity index (χ1n) is 35.1. The molecular weight excluding hydrogens is 1360 g/mol. The molecule has 550 valence electrons. The quantitative estimate of drug-likeness (QED) is 0.231. The molecule has 8 bridgehead atoms. The standard InChI is InChI=1S/C13H9NO2.C10H13NO2.C10H11NO2.C9H11NO3.C9H9NO3.C9H7NO2.C6H9NO2.C5H7NO2.C5H5NO2/c1-14-12(15)9-6-2-4-8-5-3-7-10(11(8)9)13(14)16;2*1-11-9(12)7-5-2-3-6(4-5)8(7)10(11)13;2*1-10-8(11)6-4-2-3-5(13-4)7(6)9(10)12;1-10-8(11)6-4-2-3-5-7(6)9(10)12;1-7-5(8)3-2-4-6(7)9;2*1-6-4(7)2-3-5(6)8/h2-7H,1H3;5-8H,2-4H2,1H3;2-3,5-8H,4H2,1H3;4-7H,2-3H2,1H3;2-7H,1H3;2-5H,1H3;2-4H2,1H3;2-3H2,1H3;2-3H,1H3. The predicted octanol–water partition coefficient (Wildman–Crippen LogP) is 2.84. The third-order valence-electron chi connectivity index (χ3n) is 23.3. The van der Waals surface area contributed by atoms with Gasteiger partial charge in [0.05, 0.1) is 82.9 Å². The van der Waals surface area contributed by atoms with Gasteiger partial charge >= 0.3 is 0 Å². The predicted molar refractivity (Wildman–Crippen MR) is 365 cm³/mol. The number of imide groups is 9. The third-order valence-corrected chi connectivity index (χ3v) is 23.3. The molecule has 17 aliphatic rings. The van der Waals surface area contributed by atoms with Crippen LogP contribution >= 0.6 is 0 Å². The Bertz CT molecular complexity index is 4050. The molecule has 16 atom stereocenters. The number of piperidine rings is 1.